The minimum atomic E-state index is -0.488. The summed E-state index contributed by atoms with van der Waals surface area (Å²) >= 11 is 1.37. The van der Waals surface area contributed by atoms with E-state index in [1.807, 2.05) is 25.7 Å². The predicted octanol–water partition coefficient (Wildman–Crippen LogP) is 2.99. The van der Waals surface area contributed by atoms with Crippen molar-refractivity contribution in [2.24, 2.45) is 5.92 Å². The Morgan fingerprint density at radius 2 is 1.96 bits per heavy atom. The molecular weight excluding hydrogens is 312 g/mol. The zero-order chi connectivity index (χ0) is 17.2. The highest BCUT2D eigenvalue weighted by atomic mass is 32.2. The molecule has 5 nitrogen and oxygen atoms in total. The van der Waals surface area contributed by atoms with Crippen molar-refractivity contribution in [3.05, 3.63) is 0 Å². The van der Waals surface area contributed by atoms with Gasteiger partial charge in [0.2, 0.25) is 0 Å². The fourth-order valence-corrected chi connectivity index (χ4v) is 4.59. The van der Waals surface area contributed by atoms with Crippen molar-refractivity contribution in [2.45, 2.75) is 64.4 Å². The van der Waals surface area contributed by atoms with Gasteiger partial charge < -0.3 is 14.5 Å². The Morgan fingerprint density at radius 1 is 1.26 bits per heavy atom. The first-order chi connectivity index (χ1) is 10.7. The van der Waals surface area contributed by atoms with Gasteiger partial charge >= 0.3 is 6.09 Å². The highest BCUT2D eigenvalue weighted by Gasteiger charge is 2.43. The lowest BCUT2D eigenvalue weighted by atomic mass is 9.97. The Hall–Kier alpha value is -0.750. The van der Waals surface area contributed by atoms with Crippen molar-refractivity contribution >= 4 is 23.0 Å². The Labute approximate surface area is 144 Å². The quantitative estimate of drug-likeness (QED) is 0.789. The van der Waals surface area contributed by atoms with E-state index in [2.05, 4.69) is 11.8 Å². The fourth-order valence-electron chi connectivity index (χ4n) is 3.59. The first kappa shape index (κ1) is 18.6. The summed E-state index contributed by atoms with van der Waals surface area (Å²) in [5.41, 5.74) is -0.488. The maximum Gasteiger partial charge on any atom is 0.410 e. The molecule has 2 aliphatic rings. The normalized spacial score (nSPS) is 29.1. The summed E-state index contributed by atoms with van der Waals surface area (Å²) in [5.74, 6) is 0.486. The number of carbonyl (C=O) groups is 2. The summed E-state index contributed by atoms with van der Waals surface area (Å²) in [6, 6.07) is 0.193. The molecule has 23 heavy (non-hydrogen) atoms. The van der Waals surface area contributed by atoms with Gasteiger partial charge in [0.05, 0.1) is 0 Å². The van der Waals surface area contributed by atoms with Crippen LogP contribution in [0.1, 0.15) is 47.5 Å². The molecule has 2 rings (SSSR count). The molecule has 2 saturated heterocycles. The van der Waals surface area contributed by atoms with Gasteiger partial charge in [-0.15, -0.1) is 0 Å². The summed E-state index contributed by atoms with van der Waals surface area (Å²) in [6.07, 6.45) is 1.78. The van der Waals surface area contributed by atoms with Gasteiger partial charge in [-0.3, -0.25) is 4.79 Å². The molecule has 0 saturated carbocycles. The van der Waals surface area contributed by atoms with Crippen LogP contribution < -0.4 is 0 Å². The minimum Gasteiger partial charge on any atom is -0.444 e. The highest BCUT2D eigenvalue weighted by molar-refractivity contribution is 8.14. The van der Waals surface area contributed by atoms with Gasteiger partial charge in [-0.25, -0.2) is 4.79 Å². The first-order valence-corrected chi connectivity index (χ1v) is 9.46. The molecule has 0 aliphatic carbocycles. The van der Waals surface area contributed by atoms with E-state index in [0.29, 0.717) is 12.5 Å². The summed E-state index contributed by atoms with van der Waals surface area (Å²) < 4.78 is 5.60. The number of amides is 1. The second kappa shape index (κ2) is 7.43. The van der Waals surface area contributed by atoms with Gasteiger partial charge in [-0.05, 0) is 52.6 Å². The molecule has 0 aromatic carbocycles. The average Bonchev–Trinajstić information content (AvgIpc) is 3.01. The summed E-state index contributed by atoms with van der Waals surface area (Å²) in [6.45, 7) is 13.3. The van der Waals surface area contributed by atoms with E-state index in [1.165, 1.54) is 11.8 Å². The maximum absolute atomic E-state index is 12.6. The largest absolute Gasteiger partial charge is 0.444 e. The van der Waals surface area contributed by atoms with E-state index >= 15 is 0 Å². The molecule has 2 heterocycles. The summed E-state index contributed by atoms with van der Waals surface area (Å²) in [4.78, 5) is 28.4. The number of ether oxygens (including phenoxy) is 1. The van der Waals surface area contributed by atoms with Crippen LogP contribution in [-0.4, -0.2) is 64.1 Å². The van der Waals surface area contributed by atoms with Crippen molar-refractivity contribution < 1.29 is 14.3 Å². The van der Waals surface area contributed by atoms with Gasteiger partial charge in [0, 0.05) is 31.3 Å². The smallest absolute Gasteiger partial charge is 0.410 e. The van der Waals surface area contributed by atoms with E-state index in [-0.39, 0.29) is 22.5 Å². The first-order valence-electron chi connectivity index (χ1n) is 8.58. The SMILES string of the molecule is CCN1CCC([C@@H]2C[C@H](SC(C)=O)CN2C(=O)OC(C)(C)C)C1. The number of likely N-dealkylation sites (tertiary alicyclic amines) is 2. The van der Waals surface area contributed by atoms with E-state index in [9.17, 15) is 9.59 Å². The van der Waals surface area contributed by atoms with Gasteiger partial charge in [-0.2, -0.15) is 0 Å². The Bertz CT molecular complexity index is 450. The number of rotatable bonds is 3. The van der Waals surface area contributed by atoms with Crippen LogP contribution in [0.25, 0.3) is 0 Å². The number of hydrogen-bond acceptors (Lipinski definition) is 5. The minimum absolute atomic E-state index is 0.126. The molecule has 0 aromatic rings. The van der Waals surface area contributed by atoms with Crippen LogP contribution in [0.5, 0.6) is 0 Å². The number of carbonyl (C=O) groups excluding carboxylic acids is 2. The average molecular weight is 343 g/mol. The molecule has 0 N–H and O–H groups in total. The molecule has 6 heteroatoms. The fraction of sp³-hybridized carbons (Fsp3) is 0.882. The third kappa shape index (κ3) is 5.11. The molecule has 0 radical (unpaired) electrons. The molecule has 0 bridgehead atoms. The van der Waals surface area contributed by atoms with Crippen LogP contribution >= 0.6 is 11.8 Å². The van der Waals surface area contributed by atoms with Gasteiger partial charge in [0.25, 0.3) is 0 Å². The third-order valence-electron chi connectivity index (χ3n) is 4.57. The van der Waals surface area contributed by atoms with Crippen LogP contribution in [0.2, 0.25) is 0 Å². The van der Waals surface area contributed by atoms with E-state index in [4.69, 9.17) is 4.74 Å². The predicted molar refractivity (Wildman–Crippen MR) is 93.6 cm³/mol. The van der Waals surface area contributed by atoms with Crippen LogP contribution in [0.3, 0.4) is 0 Å². The molecule has 1 unspecified atom stereocenters. The third-order valence-corrected chi connectivity index (χ3v) is 5.57. The number of hydrogen-bond donors (Lipinski definition) is 0. The van der Waals surface area contributed by atoms with E-state index in [1.54, 1.807) is 6.92 Å². The standard InChI is InChI=1S/C17H30N2O3S/c1-6-18-8-7-13(10-18)15-9-14(23-12(2)20)11-19(15)16(21)22-17(3,4)5/h13-15H,6-11H2,1-5H3/t13?,14-,15-/m0/s1. The van der Waals surface area contributed by atoms with Gasteiger partial charge in [0.15, 0.2) is 5.12 Å². The molecule has 1 amide bonds. The summed E-state index contributed by atoms with van der Waals surface area (Å²) in [5, 5.41) is 0.321. The molecule has 2 aliphatic heterocycles. The van der Waals surface area contributed by atoms with Crippen molar-refractivity contribution in [1.82, 2.24) is 9.80 Å². The number of thioether (sulfide) groups is 1. The van der Waals surface area contributed by atoms with E-state index < -0.39 is 5.60 Å². The molecular formula is C17H30N2O3S. The van der Waals surface area contributed by atoms with Crippen molar-refractivity contribution in [3.63, 3.8) is 0 Å². The Kier molecular flexibility index (Phi) is 6.00. The van der Waals surface area contributed by atoms with Gasteiger partial charge in [0.1, 0.15) is 5.60 Å². The number of nitrogens with zero attached hydrogens (tertiary/aromatic N) is 2. The van der Waals surface area contributed by atoms with Crippen LogP contribution in [0, 0.1) is 5.92 Å². The topological polar surface area (TPSA) is 49.9 Å². The monoisotopic (exact) mass is 342 g/mol. The second-order valence-electron chi connectivity index (χ2n) is 7.61. The molecule has 0 aromatic heterocycles. The van der Waals surface area contributed by atoms with E-state index in [0.717, 1.165) is 32.5 Å². The zero-order valence-electron chi connectivity index (χ0n) is 15.0. The Morgan fingerprint density at radius 3 is 2.48 bits per heavy atom. The summed E-state index contributed by atoms with van der Waals surface area (Å²) in [7, 11) is 0. The van der Waals surface area contributed by atoms with Crippen molar-refractivity contribution in [1.29, 1.82) is 0 Å². The maximum atomic E-state index is 12.6. The van der Waals surface area contributed by atoms with Crippen LogP contribution in [0.4, 0.5) is 4.79 Å². The van der Waals surface area contributed by atoms with Crippen molar-refractivity contribution in [2.75, 3.05) is 26.2 Å². The second-order valence-corrected chi connectivity index (χ2v) is 9.09. The molecule has 3 atom stereocenters. The van der Waals surface area contributed by atoms with Crippen molar-refractivity contribution in [3.8, 4) is 0 Å². The van der Waals surface area contributed by atoms with Crippen LogP contribution in [-0.2, 0) is 9.53 Å². The van der Waals surface area contributed by atoms with Gasteiger partial charge in [-0.1, -0.05) is 18.7 Å². The zero-order valence-corrected chi connectivity index (χ0v) is 15.8. The lowest BCUT2D eigenvalue weighted by Crippen LogP contribution is -2.43. The molecule has 132 valence electrons. The molecule has 2 fully saturated rings. The Balaban J connectivity index is 2.08. The lowest BCUT2D eigenvalue weighted by Gasteiger charge is -2.31. The highest BCUT2D eigenvalue weighted by Crippen LogP contribution is 2.36. The molecule has 0 spiro atoms. The van der Waals surface area contributed by atoms with Crippen LogP contribution in [0.15, 0.2) is 0 Å². The lowest BCUT2D eigenvalue weighted by molar-refractivity contribution is -0.109.